The molecule has 0 bridgehead atoms. The smallest absolute Gasteiger partial charge is 0.196 e. The summed E-state index contributed by atoms with van der Waals surface area (Å²) >= 11 is 1.69. The van der Waals surface area contributed by atoms with Gasteiger partial charge in [-0.05, 0) is 32.9 Å². The van der Waals surface area contributed by atoms with Gasteiger partial charge < -0.3 is 20.1 Å². The van der Waals surface area contributed by atoms with Crippen LogP contribution in [0.1, 0.15) is 28.9 Å². The van der Waals surface area contributed by atoms with Crippen molar-refractivity contribution >= 4 is 47.0 Å². The van der Waals surface area contributed by atoms with Gasteiger partial charge in [-0.1, -0.05) is 0 Å². The van der Waals surface area contributed by atoms with Gasteiger partial charge in [0.1, 0.15) is 0 Å². The highest BCUT2D eigenvalue weighted by atomic mass is 127. The van der Waals surface area contributed by atoms with Gasteiger partial charge in [-0.15, -0.1) is 35.3 Å². The fourth-order valence-corrected chi connectivity index (χ4v) is 3.42. The van der Waals surface area contributed by atoms with Crippen LogP contribution in [-0.2, 0) is 6.54 Å². The number of hydrogen-bond acceptors (Lipinski definition) is 5. The molecular weight excluding hydrogens is 463 g/mol. The summed E-state index contributed by atoms with van der Waals surface area (Å²) in [5, 5.41) is 7.68. The summed E-state index contributed by atoms with van der Waals surface area (Å²) in [5.74, 6) is 2.30. The number of rotatable bonds is 4. The van der Waals surface area contributed by atoms with Crippen LogP contribution in [0.5, 0.6) is 11.5 Å². The summed E-state index contributed by atoms with van der Waals surface area (Å²) in [6.07, 6.45) is 0.898. The van der Waals surface area contributed by atoms with Crippen LogP contribution < -0.4 is 20.1 Å². The first-order chi connectivity index (χ1) is 12.2. The number of ether oxygens (including phenoxy) is 2. The topological polar surface area (TPSA) is 67.8 Å². The Morgan fingerprint density at radius 1 is 1.23 bits per heavy atom. The second kappa shape index (κ2) is 9.96. The predicted octanol–water partition coefficient (Wildman–Crippen LogP) is 4.12. The summed E-state index contributed by atoms with van der Waals surface area (Å²) in [6, 6.07) is 5.86. The number of aliphatic imine (C=N–C) groups is 1. The molecule has 1 aliphatic heterocycles. The summed E-state index contributed by atoms with van der Waals surface area (Å²) in [7, 11) is 0. The Bertz CT molecular complexity index is 764. The Kier molecular flexibility index (Phi) is 7.95. The molecule has 0 saturated carbocycles. The van der Waals surface area contributed by atoms with Crippen molar-refractivity contribution in [3.05, 3.63) is 33.8 Å². The number of aryl methyl sites for hydroxylation is 2. The molecular formula is C18H25IN4O2S. The zero-order valence-corrected chi connectivity index (χ0v) is 18.4. The van der Waals surface area contributed by atoms with Crippen molar-refractivity contribution in [2.24, 2.45) is 4.99 Å². The van der Waals surface area contributed by atoms with E-state index in [-0.39, 0.29) is 24.0 Å². The molecule has 0 atom stereocenters. The standard InChI is InChI=1S/C18H24N4O2S.HI/c1-4-19-18(20-11-17-12(2)21-13(3)25-17)22-14-6-7-15-16(10-14)24-9-5-8-23-15;/h6-7,10H,4-5,8-9,11H2,1-3H3,(H2,19,20,22);1H. The van der Waals surface area contributed by atoms with Crippen LogP contribution in [0.2, 0.25) is 0 Å². The van der Waals surface area contributed by atoms with Gasteiger partial charge >= 0.3 is 0 Å². The Labute approximate surface area is 175 Å². The van der Waals surface area contributed by atoms with Crippen LogP contribution in [0.15, 0.2) is 23.2 Å². The maximum Gasteiger partial charge on any atom is 0.196 e. The van der Waals surface area contributed by atoms with E-state index in [2.05, 4.69) is 20.6 Å². The van der Waals surface area contributed by atoms with E-state index in [0.29, 0.717) is 19.8 Å². The van der Waals surface area contributed by atoms with Gasteiger partial charge in [0.05, 0.1) is 30.5 Å². The summed E-state index contributed by atoms with van der Waals surface area (Å²) in [5.41, 5.74) is 1.97. The van der Waals surface area contributed by atoms with E-state index in [1.54, 1.807) is 11.3 Å². The number of aromatic nitrogens is 1. The van der Waals surface area contributed by atoms with Crippen molar-refractivity contribution in [3.63, 3.8) is 0 Å². The molecule has 1 aliphatic rings. The lowest BCUT2D eigenvalue weighted by atomic mass is 10.3. The van der Waals surface area contributed by atoms with Gasteiger partial charge in [0.25, 0.3) is 0 Å². The molecule has 0 amide bonds. The predicted molar refractivity (Wildman–Crippen MR) is 117 cm³/mol. The van der Waals surface area contributed by atoms with Gasteiger partial charge in [0, 0.05) is 29.6 Å². The molecule has 2 heterocycles. The Morgan fingerprint density at radius 2 is 2.00 bits per heavy atom. The minimum atomic E-state index is 0. The van der Waals surface area contributed by atoms with Crippen molar-refractivity contribution in [1.82, 2.24) is 10.3 Å². The lowest BCUT2D eigenvalue weighted by Gasteiger charge is -2.13. The summed E-state index contributed by atoms with van der Waals surface area (Å²) < 4.78 is 11.4. The second-order valence-corrected chi connectivity index (χ2v) is 7.06. The SMILES string of the molecule is CCNC(=NCc1sc(C)nc1C)Nc1ccc2c(c1)OCCCO2.I. The van der Waals surface area contributed by atoms with E-state index in [1.807, 2.05) is 39.0 Å². The number of guanidine groups is 1. The monoisotopic (exact) mass is 488 g/mol. The van der Waals surface area contributed by atoms with Crippen molar-refractivity contribution in [1.29, 1.82) is 0 Å². The van der Waals surface area contributed by atoms with Gasteiger partial charge in [-0.25, -0.2) is 9.98 Å². The third-order valence-electron chi connectivity index (χ3n) is 3.73. The first-order valence-electron chi connectivity index (χ1n) is 8.53. The largest absolute Gasteiger partial charge is 0.490 e. The first-order valence-corrected chi connectivity index (χ1v) is 9.35. The van der Waals surface area contributed by atoms with E-state index in [9.17, 15) is 0 Å². The second-order valence-electron chi connectivity index (χ2n) is 5.77. The fourth-order valence-electron chi connectivity index (χ4n) is 2.56. The number of nitrogens with zero attached hydrogens (tertiary/aromatic N) is 2. The molecule has 2 aromatic rings. The quantitative estimate of drug-likeness (QED) is 0.385. The first kappa shape index (κ1) is 20.8. The average Bonchev–Trinajstić information content (AvgIpc) is 2.78. The minimum absolute atomic E-state index is 0. The minimum Gasteiger partial charge on any atom is -0.490 e. The number of thiazole rings is 1. The molecule has 0 fully saturated rings. The van der Waals surface area contributed by atoms with Crippen LogP contribution in [0.25, 0.3) is 0 Å². The molecule has 26 heavy (non-hydrogen) atoms. The third-order valence-corrected chi connectivity index (χ3v) is 4.79. The number of hydrogen-bond donors (Lipinski definition) is 2. The number of anilines is 1. The fraction of sp³-hybridized carbons (Fsp3) is 0.444. The molecule has 1 aromatic heterocycles. The van der Waals surface area contributed by atoms with Crippen LogP contribution in [0, 0.1) is 13.8 Å². The highest BCUT2D eigenvalue weighted by Gasteiger charge is 2.11. The lowest BCUT2D eigenvalue weighted by molar-refractivity contribution is 0.297. The normalized spacial score (nSPS) is 13.6. The Morgan fingerprint density at radius 3 is 2.69 bits per heavy atom. The van der Waals surface area contributed by atoms with Gasteiger partial charge in [-0.3, -0.25) is 0 Å². The van der Waals surface area contributed by atoms with E-state index in [0.717, 1.165) is 46.8 Å². The lowest BCUT2D eigenvalue weighted by Crippen LogP contribution is -2.30. The van der Waals surface area contributed by atoms with Crippen molar-refractivity contribution in [2.45, 2.75) is 33.7 Å². The third kappa shape index (κ3) is 5.47. The molecule has 0 radical (unpaired) electrons. The van der Waals surface area contributed by atoms with E-state index >= 15 is 0 Å². The van der Waals surface area contributed by atoms with Gasteiger partial charge in [0.15, 0.2) is 17.5 Å². The van der Waals surface area contributed by atoms with Gasteiger partial charge in [0.2, 0.25) is 0 Å². The van der Waals surface area contributed by atoms with E-state index in [4.69, 9.17) is 9.47 Å². The molecule has 0 spiro atoms. The highest BCUT2D eigenvalue weighted by molar-refractivity contribution is 14.0. The highest BCUT2D eigenvalue weighted by Crippen LogP contribution is 2.32. The van der Waals surface area contributed by atoms with Gasteiger partial charge in [-0.2, -0.15) is 0 Å². The van der Waals surface area contributed by atoms with Crippen LogP contribution in [-0.4, -0.2) is 30.7 Å². The van der Waals surface area contributed by atoms with Crippen molar-refractivity contribution in [3.8, 4) is 11.5 Å². The average molecular weight is 488 g/mol. The molecule has 8 heteroatoms. The van der Waals surface area contributed by atoms with Crippen molar-refractivity contribution in [2.75, 3.05) is 25.1 Å². The van der Waals surface area contributed by atoms with E-state index in [1.165, 1.54) is 4.88 Å². The molecule has 0 unspecified atom stereocenters. The number of fused-ring (bicyclic) bond motifs is 1. The summed E-state index contributed by atoms with van der Waals surface area (Å²) in [4.78, 5) is 10.3. The maximum atomic E-state index is 5.75. The summed E-state index contributed by atoms with van der Waals surface area (Å²) in [6.45, 7) is 8.86. The molecule has 2 N–H and O–H groups in total. The Hall–Kier alpha value is -1.55. The van der Waals surface area contributed by atoms with Crippen LogP contribution in [0.4, 0.5) is 5.69 Å². The van der Waals surface area contributed by atoms with E-state index < -0.39 is 0 Å². The maximum absolute atomic E-state index is 5.75. The van der Waals surface area contributed by atoms with Crippen LogP contribution >= 0.6 is 35.3 Å². The van der Waals surface area contributed by atoms with Crippen molar-refractivity contribution < 1.29 is 9.47 Å². The number of benzene rings is 1. The number of nitrogens with one attached hydrogen (secondary N) is 2. The van der Waals surface area contributed by atoms with Crippen LogP contribution in [0.3, 0.4) is 0 Å². The Balaban J connectivity index is 0.00000243. The number of halogens is 1. The molecule has 142 valence electrons. The zero-order valence-electron chi connectivity index (χ0n) is 15.3. The zero-order chi connectivity index (χ0) is 17.6. The molecule has 1 aromatic carbocycles. The molecule has 0 saturated heterocycles. The molecule has 6 nitrogen and oxygen atoms in total. The molecule has 3 rings (SSSR count). The molecule has 0 aliphatic carbocycles.